The van der Waals surface area contributed by atoms with E-state index >= 15 is 0 Å². The Hall–Kier alpha value is -7.65. The van der Waals surface area contributed by atoms with Crippen molar-refractivity contribution in [2.45, 2.75) is 44.9 Å². The zero-order valence-electron chi connectivity index (χ0n) is 38.4. The molecule has 1 aromatic heterocycles. The second-order valence-corrected chi connectivity index (χ2v) is 19.5. The summed E-state index contributed by atoms with van der Waals surface area (Å²) in [5, 5.41) is 6.73. The van der Waals surface area contributed by atoms with Crippen LogP contribution in [0.15, 0.2) is 162 Å². The molecule has 0 aliphatic rings. The molecule has 0 fully saturated rings. The van der Waals surface area contributed by atoms with E-state index in [1.165, 1.54) is 17.4 Å². The molecule has 8 aromatic rings. The van der Waals surface area contributed by atoms with Gasteiger partial charge in [-0.2, -0.15) is 13.5 Å². The van der Waals surface area contributed by atoms with Crippen LogP contribution in [0.5, 0.6) is 17.2 Å². The number of benzene rings is 7. The minimum atomic E-state index is -4.13. The number of hydrogen-bond acceptors (Lipinski definition) is 12. The predicted molar refractivity (Wildman–Crippen MR) is 274 cm³/mol. The number of carbonyl (C=O) groups is 3. The van der Waals surface area contributed by atoms with Crippen molar-refractivity contribution in [3.63, 3.8) is 0 Å². The van der Waals surface area contributed by atoms with E-state index in [-0.39, 0.29) is 38.7 Å². The van der Waals surface area contributed by atoms with Crippen LogP contribution >= 0.6 is 22.9 Å². The van der Waals surface area contributed by atoms with Gasteiger partial charge in [0.15, 0.2) is 0 Å². The highest BCUT2D eigenvalue weighted by molar-refractivity contribution is 7.93. The van der Waals surface area contributed by atoms with Crippen LogP contribution in [0.25, 0.3) is 21.0 Å². The highest BCUT2D eigenvalue weighted by Crippen LogP contribution is 2.34. The fraction of sp³-hybridized carbons (Fsp3) is 0.145. The Bertz CT molecular complexity index is 3390. The molecule has 7 aromatic carbocycles. The van der Waals surface area contributed by atoms with Gasteiger partial charge >= 0.3 is 17.9 Å². The van der Waals surface area contributed by atoms with E-state index in [0.717, 1.165) is 53.8 Å². The summed E-state index contributed by atoms with van der Waals surface area (Å²) < 4.78 is 52.2. The van der Waals surface area contributed by atoms with Gasteiger partial charge in [0.25, 0.3) is 10.0 Å². The SMILES string of the molecule is C=CC(=O)OCCCOc1ccc2cc(C(=O)Oc3ccc(C(=O)Oc4ccc(CCc5ccc(C)cc5/C=N/N(c5nc6ccccc6s5)S(=O)(=O)c5ccc(C)cc5)cc4Cl)cc3C)ccc2c1. The minimum absolute atomic E-state index is 0.0963. The van der Waals surface area contributed by atoms with Crippen molar-refractivity contribution in [3.05, 3.63) is 202 Å². The van der Waals surface area contributed by atoms with Crippen molar-refractivity contribution in [3.8, 4) is 17.2 Å². The third-order valence-corrected chi connectivity index (χ3v) is 14.1. The molecule has 8 rings (SSSR count). The highest BCUT2D eigenvalue weighted by atomic mass is 35.5. The van der Waals surface area contributed by atoms with Gasteiger partial charge < -0.3 is 18.9 Å². The number of halogens is 1. The molecule has 0 radical (unpaired) electrons. The number of thiazole rings is 1. The molecule has 12 nitrogen and oxygen atoms in total. The number of hydrazone groups is 1. The first kappa shape index (κ1) is 48.8. The second-order valence-electron chi connectivity index (χ2n) is 16.3. The first-order valence-electron chi connectivity index (χ1n) is 22.1. The molecule has 0 aliphatic carbocycles. The number of carbonyl (C=O) groups excluding carboxylic acids is 3. The van der Waals surface area contributed by atoms with E-state index in [2.05, 4.69) is 16.7 Å². The van der Waals surface area contributed by atoms with Crippen LogP contribution in [0.3, 0.4) is 0 Å². The number of hydrogen-bond donors (Lipinski definition) is 0. The van der Waals surface area contributed by atoms with Crippen LogP contribution in [0.2, 0.25) is 5.02 Å². The number of sulfonamides is 1. The number of esters is 3. The number of fused-ring (bicyclic) bond motifs is 2. The standard InChI is InChI=1S/C55H46ClN3O9S2/c1-5-52(60)66-28-8-27-65-45-22-20-40-32-43(19-18-41(40)33-45)54(62)67-49-26-21-42(30-37(49)4)53(61)68-50-25-15-38(31-47(50)56)14-17-39-16-11-36(3)29-44(39)34-57-59(55-58-48-9-6-7-10-51(48)69-55)70(63,64)46-23-12-35(2)13-24-46/h5-7,9-13,15-16,18-26,29-34H,1,8,14,17,27-28H2,2-4H3/b57-34+. The number of aromatic nitrogens is 1. The molecule has 0 saturated heterocycles. The lowest BCUT2D eigenvalue weighted by Gasteiger charge is -2.17. The molecule has 70 heavy (non-hydrogen) atoms. The maximum Gasteiger partial charge on any atom is 0.343 e. The Kier molecular flexibility index (Phi) is 15.2. The highest BCUT2D eigenvalue weighted by Gasteiger charge is 2.28. The first-order chi connectivity index (χ1) is 33.7. The Balaban J connectivity index is 0.892. The summed E-state index contributed by atoms with van der Waals surface area (Å²) in [7, 11) is -4.13. The molecular weight excluding hydrogens is 946 g/mol. The topological polar surface area (TPSA) is 151 Å². The summed E-state index contributed by atoms with van der Waals surface area (Å²) in [6.07, 6.45) is 4.33. The summed E-state index contributed by atoms with van der Waals surface area (Å²) in [6, 6.07) is 40.6. The molecule has 354 valence electrons. The molecule has 0 N–H and O–H groups in total. The smallest absolute Gasteiger partial charge is 0.343 e. The first-order valence-corrected chi connectivity index (χ1v) is 24.8. The molecule has 0 saturated carbocycles. The van der Waals surface area contributed by atoms with Gasteiger partial charge in [-0.05, 0) is 146 Å². The van der Waals surface area contributed by atoms with Gasteiger partial charge in [-0.15, -0.1) is 4.41 Å². The van der Waals surface area contributed by atoms with Crippen LogP contribution in [-0.4, -0.2) is 50.7 Å². The fourth-order valence-electron chi connectivity index (χ4n) is 7.33. The van der Waals surface area contributed by atoms with Crippen LogP contribution < -0.4 is 18.6 Å². The van der Waals surface area contributed by atoms with Crippen molar-refractivity contribution in [1.29, 1.82) is 0 Å². The molecule has 15 heteroatoms. The van der Waals surface area contributed by atoms with Gasteiger partial charge in [0.2, 0.25) is 5.13 Å². The summed E-state index contributed by atoms with van der Waals surface area (Å²) >= 11 is 7.92. The van der Waals surface area contributed by atoms with Crippen LogP contribution in [0, 0.1) is 20.8 Å². The zero-order chi connectivity index (χ0) is 49.4. The third kappa shape index (κ3) is 11.8. The van der Waals surface area contributed by atoms with Gasteiger partial charge in [-0.3, -0.25) is 0 Å². The second kappa shape index (κ2) is 21.8. The maximum atomic E-state index is 14.1. The van der Waals surface area contributed by atoms with E-state index in [4.69, 9.17) is 30.5 Å². The molecule has 1 heterocycles. The Morgan fingerprint density at radius 3 is 2.20 bits per heavy atom. The summed E-state index contributed by atoms with van der Waals surface area (Å²) in [5.74, 6) is -0.580. The zero-order valence-corrected chi connectivity index (χ0v) is 40.8. The van der Waals surface area contributed by atoms with Crippen molar-refractivity contribution in [2.75, 3.05) is 17.6 Å². The van der Waals surface area contributed by atoms with E-state index < -0.39 is 27.9 Å². The monoisotopic (exact) mass is 991 g/mol. The largest absolute Gasteiger partial charge is 0.493 e. The summed E-state index contributed by atoms with van der Waals surface area (Å²) in [4.78, 5) is 42.5. The van der Waals surface area contributed by atoms with Gasteiger partial charge in [0.05, 0.1) is 50.7 Å². The van der Waals surface area contributed by atoms with Crippen LogP contribution in [0.1, 0.15) is 60.5 Å². The number of aryl methyl sites for hydroxylation is 5. The number of rotatable bonds is 18. The average molecular weight is 993 g/mol. The van der Waals surface area contributed by atoms with Gasteiger partial charge in [0, 0.05) is 12.5 Å². The normalized spacial score (nSPS) is 11.4. The Morgan fingerprint density at radius 2 is 1.44 bits per heavy atom. The lowest BCUT2D eigenvalue weighted by Crippen LogP contribution is -2.26. The third-order valence-electron chi connectivity index (χ3n) is 11.1. The van der Waals surface area contributed by atoms with Crippen molar-refractivity contribution < 1.29 is 41.7 Å². The predicted octanol–water partition coefficient (Wildman–Crippen LogP) is 12.0. The molecule has 0 aliphatic heterocycles. The molecule has 0 bridgehead atoms. The molecule has 0 spiro atoms. The lowest BCUT2D eigenvalue weighted by molar-refractivity contribution is -0.137. The van der Waals surface area contributed by atoms with Crippen LogP contribution in [0.4, 0.5) is 5.13 Å². The van der Waals surface area contributed by atoms with E-state index in [1.54, 1.807) is 85.9 Å². The molecule has 0 amide bonds. The van der Waals surface area contributed by atoms with Crippen molar-refractivity contribution >= 4 is 83.2 Å². The summed E-state index contributed by atoms with van der Waals surface area (Å²) in [5.41, 5.74) is 6.26. The quantitative estimate of drug-likeness (QED) is 0.0203. The number of nitrogens with zero attached hydrogens (tertiary/aromatic N) is 3. The van der Waals surface area contributed by atoms with Crippen molar-refractivity contribution in [1.82, 2.24) is 4.98 Å². The van der Waals surface area contributed by atoms with Crippen LogP contribution in [-0.2, 0) is 32.4 Å². The molecule has 0 unspecified atom stereocenters. The number of anilines is 1. The fourth-order valence-corrected chi connectivity index (χ4v) is 9.91. The maximum absolute atomic E-state index is 14.1. The number of para-hydroxylation sites is 1. The Labute approximate surface area is 414 Å². The molecular formula is C55H46ClN3O9S2. The van der Waals surface area contributed by atoms with E-state index in [1.807, 2.05) is 74.5 Å². The van der Waals surface area contributed by atoms with E-state index in [9.17, 15) is 22.8 Å². The minimum Gasteiger partial charge on any atom is -0.493 e. The van der Waals surface area contributed by atoms with E-state index in [0.29, 0.717) is 48.3 Å². The van der Waals surface area contributed by atoms with Gasteiger partial charge in [0.1, 0.15) is 17.2 Å². The van der Waals surface area contributed by atoms with Crippen molar-refractivity contribution in [2.24, 2.45) is 5.10 Å². The van der Waals surface area contributed by atoms with Gasteiger partial charge in [-0.25, -0.2) is 19.4 Å². The molecule has 0 atom stereocenters. The number of ether oxygens (including phenoxy) is 4. The lowest BCUT2D eigenvalue weighted by atomic mass is 9.98. The average Bonchev–Trinajstić information content (AvgIpc) is 3.78. The summed E-state index contributed by atoms with van der Waals surface area (Å²) in [6.45, 7) is 9.53. The van der Waals surface area contributed by atoms with Gasteiger partial charge in [-0.1, -0.05) is 101 Å². The Morgan fingerprint density at radius 1 is 0.743 bits per heavy atom.